The van der Waals surface area contributed by atoms with Gasteiger partial charge < -0.3 is 14.3 Å². The summed E-state index contributed by atoms with van der Waals surface area (Å²) < 4.78 is 9.93. The normalized spacial score (nSPS) is 10.5. The maximum absolute atomic E-state index is 11.5. The molecule has 0 aliphatic heterocycles. The molecule has 0 fully saturated rings. The van der Waals surface area contributed by atoms with Crippen LogP contribution in [0.15, 0.2) is 27.4 Å². The number of carbonyl (C=O) groups is 1. The molecule has 5 nitrogen and oxygen atoms in total. The summed E-state index contributed by atoms with van der Waals surface area (Å²) in [6.45, 7) is 1.20. The van der Waals surface area contributed by atoms with Crippen molar-refractivity contribution in [3.05, 3.63) is 34.2 Å². The molecule has 0 aliphatic rings. The molecule has 0 spiro atoms. The van der Waals surface area contributed by atoms with E-state index in [1.165, 1.54) is 26.2 Å². The summed E-state index contributed by atoms with van der Waals surface area (Å²) in [4.78, 5) is 22.7. The number of carbonyl (C=O) groups excluding carboxylic acids is 1. The molecule has 0 radical (unpaired) electrons. The SMILES string of the molecule is COc1ccc2c(O)c(C(C)=O)c(=O)oc2c1. The fourth-order valence-corrected chi connectivity index (χ4v) is 1.60. The Balaban J connectivity index is 2.86. The first-order chi connectivity index (χ1) is 8.04. The lowest BCUT2D eigenvalue weighted by atomic mass is 10.1. The van der Waals surface area contributed by atoms with Crippen LogP contribution in [0.3, 0.4) is 0 Å². The van der Waals surface area contributed by atoms with Crippen LogP contribution in [0, 0.1) is 0 Å². The minimum Gasteiger partial charge on any atom is -0.506 e. The van der Waals surface area contributed by atoms with Crippen molar-refractivity contribution in [2.24, 2.45) is 0 Å². The van der Waals surface area contributed by atoms with E-state index in [0.29, 0.717) is 11.1 Å². The van der Waals surface area contributed by atoms with Gasteiger partial charge in [0.25, 0.3) is 0 Å². The fraction of sp³-hybridized carbons (Fsp3) is 0.167. The van der Waals surface area contributed by atoms with Crippen molar-refractivity contribution in [3.8, 4) is 11.5 Å². The fourth-order valence-electron chi connectivity index (χ4n) is 1.60. The topological polar surface area (TPSA) is 76.7 Å². The number of benzene rings is 1. The van der Waals surface area contributed by atoms with E-state index >= 15 is 0 Å². The summed E-state index contributed by atoms with van der Waals surface area (Å²) in [5, 5.41) is 10.1. The average molecular weight is 234 g/mol. The molecule has 5 heteroatoms. The van der Waals surface area contributed by atoms with Gasteiger partial charge >= 0.3 is 5.63 Å². The zero-order valence-corrected chi connectivity index (χ0v) is 9.31. The molecular formula is C12H10O5. The van der Waals surface area contributed by atoms with Gasteiger partial charge in [0.05, 0.1) is 12.5 Å². The molecule has 0 saturated carbocycles. The lowest BCUT2D eigenvalue weighted by Crippen LogP contribution is -2.11. The number of ketones is 1. The van der Waals surface area contributed by atoms with E-state index in [1.54, 1.807) is 6.07 Å². The smallest absolute Gasteiger partial charge is 0.351 e. The number of fused-ring (bicyclic) bond motifs is 1. The van der Waals surface area contributed by atoms with Crippen molar-refractivity contribution in [2.75, 3.05) is 7.11 Å². The second-order valence-corrected chi connectivity index (χ2v) is 3.53. The Morgan fingerprint density at radius 3 is 2.71 bits per heavy atom. The first kappa shape index (κ1) is 11.2. The van der Waals surface area contributed by atoms with Crippen LogP contribution in [-0.4, -0.2) is 18.0 Å². The van der Waals surface area contributed by atoms with E-state index in [4.69, 9.17) is 9.15 Å². The lowest BCUT2D eigenvalue weighted by molar-refractivity contribution is 0.101. The highest BCUT2D eigenvalue weighted by Gasteiger charge is 2.17. The highest BCUT2D eigenvalue weighted by Crippen LogP contribution is 2.29. The number of aromatic hydroxyl groups is 1. The largest absolute Gasteiger partial charge is 0.506 e. The van der Waals surface area contributed by atoms with Gasteiger partial charge in [-0.1, -0.05) is 0 Å². The van der Waals surface area contributed by atoms with Gasteiger partial charge in [-0.05, 0) is 19.1 Å². The van der Waals surface area contributed by atoms with Crippen molar-refractivity contribution in [2.45, 2.75) is 6.92 Å². The van der Waals surface area contributed by atoms with E-state index in [0.717, 1.165) is 0 Å². The monoisotopic (exact) mass is 234 g/mol. The van der Waals surface area contributed by atoms with Crippen molar-refractivity contribution in [1.82, 2.24) is 0 Å². The van der Waals surface area contributed by atoms with Gasteiger partial charge in [0.1, 0.15) is 22.6 Å². The first-order valence-electron chi connectivity index (χ1n) is 4.89. The summed E-state index contributed by atoms with van der Waals surface area (Å²) >= 11 is 0. The lowest BCUT2D eigenvalue weighted by Gasteiger charge is -2.05. The van der Waals surface area contributed by atoms with E-state index in [2.05, 4.69) is 0 Å². The minimum atomic E-state index is -0.851. The Kier molecular flexibility index (Phi) is 2.59. The molecule has 88 valence electrons. The van der Waals surface area contributed by atoms with Gasteiger partial charge in [-0.3, -0.25) is 4.79 Å². The Hall–Kier alpha value is -2.30. The molecule has 1 heterocycles. The van der Waals surface area contributed by atoms with Crippen LogP contribution in [0.5, 0.6) is 11.5 Å². The van der Waals surface area contributed by atoms with Crippen molar-refractivity contribution < 1.29 is 19.1 Å². The van der Waals surface area contributed by atoms with Gasteiger partial charge in [0, 0.05) is 6.07 Å². The zero-order valence-electron chi connectivity index (χ0n) is 9.31. The average Bonchev–Trinajstić information content (AvgIpc) is 2.27. The van der Waals surface area contributed by atoms with Crippen molar-refractivity contribution >= 4 is 16.8 Å². The standard InChI is InChI=1S/C12H10O5/c1-6(13)10-11(14)8-4-3-7(16-2)5-9(8)17-12(10)15/h3-5,14H,1-2H3. The van der Waals surface area contributed by atoms with Crippen LogP contribution in [-0.2, 0) is 0 Å². The Morgan fingerprint density at radius 2 is 2.12 bits per heavy atom. The van der Waals surface area contributed by atoms with E-state index in [-0.39, 0.29) is 16.9 Å². The van der Waals surface area contributed by atoms with Crippen LogP contribution in [0.1, 0.15) is 17.3 Å². The zero-order chi connectivity index (χ0) is 12.6. The van der Waals surface area contributed by atoms with Crippen LogP contribution in [0.25, 0.3) is 11.0 Å². The van der Waals surface area contributed by atoms with E-state index in [9.17, 15) is 14.7 Å². The number of methoxy groups -OCH3 is 1. The maximum atomic E-state index is 11.5. The summed E-state index contributed by atoms with van der Waals surface area (Å²) in [6.07, 6.45) is 0. The van der Waals surface area contributed by atoms with Crippen LogP contribution >= 0.6 is 0 Å². The highest BCUT2D eigenvalue weighted by atomic mass is 16.5. The summed E-state index contributed by atoms with van der Waals surface area (Å²) in [5.41, 5.74) is -1.00. The summed E-state index contributed by atoms with van der Waals surface area (Å²) in [5.74, 6) is -0.393. The predicted molar refractivity (Wildman–Crippen MR) is 60.7 cm³/mol. The van der Waals surface area contributed by atoms with Gasteiger partial charge in [0.15, 0.2) is 5.78 Å². The van der Waals surface area contributed by atoms with Gasteiger partial charge in [-0.25, -0.2) is 4.79 Å². The Morgan fingerprint density at radius 1 is 1.41 bits per heavy atom. The van der Waals surface area contributed by atoms with E-state index < -0.39 is 11.4 Å². The predicted octanol–water partition coefficient (Wildman–Crippen LogP) is 1.71. The van der Waals surface area contributed by atoms with E-state index in [1.807, 2.05) is 0 Å². The van der Waals surface area contributed by atoms with Crippen molar-refractivity contribution in [3.63, 3.8) is 0 Å². The quantitative estimate of drug-likeness (QED) is 0.632. The molecular weight excluding hydrogens is 224 g/mol. The van der Waals surface area contributed by atoms with Crippen LogP contribution < -0.4 is 10.4 Å². The summed E-state index contributed by atoms with van der Waals surface area (Å²) in [7, 11) is 1.48. The van der Waals surface area contributed by atoms with Gasteiger partial charge in [0.2, 0.25) is 0 Å². The Labute approximate surface area is 96.2 Å². The second-order valence-electron chi connectivity index (χ2n) is 3.53. The van der Waals surface area contributed by atoms with Gasteiger partial charge in [-0.15, -0.1) is 0 Å². The second kappa shape index (κ2) is 3.93. The number of hydrogen-bond donors (Lipinski definition) is 1. The Bertz CT molecular complexity index is 654. The summed E-state index contributed by atoms with van der Waals surface area (Å²) in [6, 6.07) is 4.60. The molecule has 0 aliphatic carbocycles. The van der Waals surface area contributed by atoms with Crippen LogP contribution in [0.2, 0.25) is 0 Å². The maximum Gasteiger partial charge on any atom is 0.351 e. The molecule has 17 heavy (non-hydrogen) atoms. The number of rotatable bonds is 2. The third-order valence-corrected chi connectivity index (χ3v) is 2.44. The molecule has 0 bridgehead atoms. The van der Waals surface area contributed by atoms with Crippen molar-refractivity contribution in [1.29, 1.82) is 0 Å². The highest BCUT2D eigenvalue weighted by molar-refractivity contribution is 6.01. The number of Topliss-reactive ketones (excluding diaryl/α,β-unsaturated/α-hetero) is 1. The molecule has 0 saturated heterocycles. The third-order valence-electron chi connectivity index (χ3n) is 2.44. The first-order valence-corrected chi connectivity index (χ1v) is 4.89. The molecule has 1 N–H and O–H groups in total. The molecule has 2 aromatic rings. The molecule has 0 amide bonds. The van der Waals surface area contributed by atoms with Gasteiger partial charge in [-0.2, -0.15) is 0 Å². The molecule has 0 unspecified atom stereocenters. The minimum absolute atomic E-state index is 0.178. The molecule has 2 rings (SSSR count). The molecule has 0 atom stereocenters. The third kappa shape index (κ3) is 1.75. The molecule has 1 aromatic heterocycles. The van der Waals surface area contributed by atoms with Crippen LogP contribution in [0.4, 0.5) is 0 Å². The number of hydrogen-bond acceptors (Lipinski definition) is 5. The number of ether oxygens (including phenoxy) is 1. The molecule has 1 aromatic carbocycles.